The molecule has 0 radical (unpaired) electrons. The predicted octanol–water partition coefficient (Wildman–Crippen LogP) is 1.93. The number of carbonyl (C=O) groups is 2. The van der Waals surface area contributed by atoms with Gasteiger partial charge < -0.3 is 19.3 Å². The summed E-state index contributed by atoms with van der Waals surface area (Å²) in [6, 6.07) is 3.39. The number of anilines is 1. The molecule has 1 aromatic rings. The zero-order valence-corrected chi connectivity index (χ0v) is 14.0. The molecule has 1 aliphatic heterocycles. The topological polar surface area (TPSA) is 72.0 Å². The van der Waals surface area contributed by atoms with E-state index in [1.165, 1.54) is 7.11 Å². The zero-order valence-electron chi connectivity index (χ0n) is 14.0. The highest BCUT2D eigenvalue weighted by atomic mass is 16.6. The lowest BCUT2D eigenvalue weighted by atomic mass is 10.2. The molecule has 0 spiro atoms. The van der Waals surface area contributed by atoms with Gasteiger partial charge in [0.05, 0.1) is 7.11 Å². The number of rotatable bonds is 2. The molecule has 0 N–H and O–H groups in total. The molecule has 0 unspecified atom stereocenters. The molecule has 126 valence electrons. The Bertz CT molecular complexity index is 575. The molecule has 1 saturated heterocycles. The van der Waals surface area contributed by atoms with Gasteiger partial charge in [-0.1, -0.05) is 0 Å². The maximum absolute atomic E-state index is 12.1. The van der Waals surface area contributed by atoms with Crippen molar-refractivity contribution in [3.8, 4) is 0 Å². The van der Waals surface area contributed by atoms with E-state index in [4.69, 9.17) is 9.47 Å². The van der Waals surface area contributed by atoms with E-state index >= 15 is 0 Å². The van der Waals surface area contributed by atoms with Gasteiger partial charge in [0.25, 0.3) is 0 Å². The van der Waals surface area contributed by atoms with E-state index in [1.54, 1.807) is 23.2 Å². The Labute approximate surface area is 136 Å². The molecule has 23 heavy (non-hydrogen) atoms. The highest BCUT2D eigenvalue weighted by molar-refractivity contribution is 5.94. The van der Waals surface area contributed by atoms with Crippen LogP contribution in [0.15, 0.2) is 18.3 Å². The van der Waals surface area contributed by atoms with Gasteiger partial charge in [0.1, 0.15) is 17.0 Å². The third-order valence-corrected chi connectivity index (χ3v) is 3.42. The minimum absolute atomic E-state index is 0.314. The number of carbonyl (C=O) groups excluding carboxylic acids is 2. The number of pyridine rings is 1. The number of methoxy groups -OCH3 is 1. The Balaban J connectivity index is 2.03. The van der Waals surface area contributed by atoms with Crippen molar-refractivity contribution in [1.82, 2.24) is 9.88 Å². The molecule has 7 heteroatoms. The Kier molecular flexibility index (Phi) is 5.08. The van der Waals surface area contributed by atoms with Crippen LogP contribution >= 0.6 is 0 Å². The summed E-state index contributed by atoms with van der Waals surface area (Å²) in [6.45, 7) is 7.74. The second-order valence-electron chi connectivity index (χ2n) is 6.32. The van der Waals surface area contributed by atoms with Crippen molar-refractivity contribution in [3.05, 3.63) is 23.9 Å². The van der Waals surface area contributed by atoms with Crippen molar-refractivity contribution in [2.24, 2.45) is 0 Å². The van der Waals surface area contributed by atoms with Gasteiger partial charge in [-0.2, -0.15) is 0 Å². The molecule has 2 rings (SSSR count). The van der Waals surface area contributed by atoms with Gasteiger partial charge in [0, 0.05) is 32.4 Å². The monoisotopic (exact) mass is 321 g/mol. The first kappa shape index (κ1) is 17.1. The highest BCUT2D eigenvalue weighted by Crippen LogP contribution is 2.20. The third kappa shape index (κ3) is 4.34. The number of esters is 1. The first-order chi connectivity index (χ1) is 10.8. The highest BCUT2D eigenvalue weighted by Gasteiger charge is 2.28. The Morgan fingerprint density at radius 1 is 1.17 bits per heavy atom. The molecule has 1 fully saturated rings. The first-order valence-corrected chi connectivity index (χ1v) is 7.58. The molecule has 1 aromatic heterocycles. The van der Waals surface area contributed by atoms with Crippen LogP contribution in [-0.4, -0.2) is 60.8 Å². The Morgan fingerprint density at radius 2 is 1.83 bits per heavy atom. The van der Waals surface area contributed by atoms with E-state index in [-0.39, 0.29) is 6.09 Å². The van der Waals surface area contributed by atoms with Crippen LogP contribution in [0.2, 0.25) is 0 Å². The number of ether oxygens (including phenoxy) is 2. The fourth-order valence-electron chi connectivity index (χ4n) is 2.35. The van der Waals surface area contributed by atoms with Crippen LogP contribution in [0.25, 0.3) is 0 Å². The van der Waals surface area contributed by atoms with E-state index in [1.807, 2.05) is 25.7 Å². The normalized spacial score (nSPS) is 15.3. The SMILES string of the molecule is COC(=O)c1cccnc1N1CCN(C(=O)OC(C)(C)C)CC1. The predicted molar refractivity (Wildman–Crippen MR) is 85.6 cm³/mol. The summed E-state index contributed by atoms with van der Waals surface area (Å²) in [5.41, 5.74) is -0.0755. The Hall–Kier alpha value is -2.31. The lowest BCUT2D eigenvalue weighted by Gasteiger charge is -2.36. The van der Waals surface area contributed by atoms with Crippen LogP contribution < -0.4 is 4.90 Å². The summed E-state index contributed by atoms with van der Waals surface area (Å²) in [4.78, 5) is 31.8. The smallest absolute Gasteiger partial charge is 0.410 e. The van der Waals surface area contributed by atoms with E-state index in [9.17, 15) is 9.59 Å². The summed E-state index contributed by atoms with van der Waals surface area (Å²) in [5.74, 6) is 0.172. The van der Waals surface area contributed by atoms with Gasteiger partial charge in [-0.3, -0.25) is 0 Å². The molecule has 0 bridgehead atoms. The third-order valence-electron chi connectivity index (χ3n) is 3.42. The van der Waals surface area contributed by atoms with Crippen LogP contribution in [0.1, 0.15) is 31.1 Å². The number of aromatic nitrogens is 1. The van der Waals surface area contributed by atoms with Gasteiger partial charge in [-0.15, -0.1) is 0 Å². The number of piperazine rings is 1. The average Bonchev–Trinajstić information content (AvgIpc) is 2.52. The summed E-state index contributed by atoms with van der Waals surface area (Å²) < 4.78 is 10.2. The molecule has 7 nitrogen and oxygen atoms in total. The minimum atomic E-state index is -0.507. The van der Waals surface area contributed by atoms with Crippen molar-refractivity contribution in [3.63, 3.8) is 0 Å². The second-order valence-corrected chi connectivity index (χ2v) is 6.32. The van der Waals surface area contributed by atoms with Crippen LogP contribution in [0.3, 0.4) is 0 Å². The Morgan fingerprint density at radius 3 is 2.39 bits per heavy atom. The molecule has 1 amide bonds. The lowest BCUT2D eigenvalue weighted by Crippen LogP contribution is -2.50. The van der Waals surface area contributed by atoms with Gasteiger partial charge in [0.15, 0.2) is 0 Å². The van der Waals surface area contributed by atoms with Crippen LogP contribution in [0, 0.1) is 0 Å². The second kappa shape index (κ2) is 6.85. The number of nitrogens with zero attached hydrogens (tertiary/aromatic N) is 3. The summed E-state index contributed by atoms with van der Waals surface area (Å²) in [6.07, 6.45) is 1.33. The van der Waals surface area contributed by atoms with Gasteiger partial charge in [0.2, 0.25) is 0 Å². The van der Waals surface area contributed by atoms with E-state index in [0.717, 1.165) is 0 Å². The maximum Gasteiger partial charge on any atom is 0.410 e. The fourth-order valence-corrected chi connectivity index (χ4v) is 2.35. The van der Waals surface area contributed by atoms with Crippen LogP contribution in [-0.2, 0) is 9.47 Å². The number of hydrogen-bond donors (Lipinski definition) is 0. The summed E-state index contributed by atoms with van der Waals surface area (Å²) in [7, 11) is 1.35. The fraction of sp³-hybridized carbons (Fsp3) is 0.562. The zero-order chi connectivity index (χ0) is 17.0. The first-order valence-electron chi connectivity index (χ1n) is 7.58. The van der Waals surface area contributed by atoms with E-state index in [2.05, 4.69) is 4.98 Å². The van der Waals surface area contributed by atoms with Gasteiger partial charge >= 0.3 is 12.1 Å². The standard InChI is InChI=1S/C16H23N3O4/c1-16(2,3)23-15(21)19-10-8-18(9-11-19)13-12(14(20)22-4)6-5-7-17-13/h5-7H,8-11H2,1-4H3. The maximum atomic E-state index is 12.1. The molecule has 0 atom stereocenters. The van der Waals surface area contributed by atoms with Crippen molar-refractivity contribution in [1.29, 1.82) is 0 Å². The molecule has 2 heterocycles. The van der Waals surface area contributed by atoms with Crippen LogP contribution in [0.4, 0.5) is 10.6 Å². The summed E-state index contributed by atoms with van der Waals surface area (Å²) >= 11 is 0. The van der Waals surface area contributed by atoms with Crippen molar-refractivity contribution in [2.45, 2.75) is 26.4 Å². The molecule has 0 aromatic carbocycles. The quantitative estimate of drug-likeness (QED) is 0.775. The van der Waals surface area contributed by atoms with Crippen molar-refractivity contribution in [2.75, 3.05) is 38.2 Å². The minimum Gasteiger partial charge on any atom is -0.465 e. The van der Waals surface area contributed by atoms with Crippen molar-refractivity contribution >= 4 is 17.9 Å². The van der Waals surface area contributed by atoms with E-state index in [0.29, 0.717) is 37.6 Å². The number of amides is 1. The van der Waals surface area contributed by atoms with Crippen molar-refractivity contribution < 1.29 is 19.1 Å². The molecular formula is C16H23N3O4. The van der Waals surface area contributed by atoms with Crippen LogP contribution in [0.5, 0.6) is 0 Å². The molecule has 1 aliphatic rings. The van der Waals surface area contributed by atoms with Gasteiger partial charge in [-0.25, -0.2) is 14.6 Å². The molecule has 0 aliphatic carbocycles. The lowest BCUT2D eigenvalue weighted by molar-refractivity contribution is 0.0239. The summed E-state index contributed by atoms with van der Waals surface area (Å²) in [5, 5.41) is 0. The molecule has 0 saturated carbocycles. The largest absolute Gasteiger partial charge is 0.465 e. The number of hydrogen-bond acceptors (Lipinski definition) is 6. The average molecular weight is 321 g/mol. The molecular weight excluding hydrogens is 298 g/mol. The van der Waals surface area contributed by atoms with E-state index < -0.39 is 11.6 Å². The van der Waals surface area contributed by atoms with Gasteiger partial charge in [-0.05, 0) is 32.9 Å².